The van der Waals surface area contributed by atoms with Crippen molar-refractivity contribution < 1.29 is 27.8 Å². The summed E-state index contributed by atoms with van der Waals surface area (Å²) in [4.78, 5) is 11.9. The Kier molecular flexibility index (Phi) is 5.40. The van der Waals surface area contributed by atoms with Crippen LogP contribution in [-0.2, 0) is 5.60 Å². The second kappa shape index (κ2) is 7.31. The van der Waals surface area contributed by atoms with Crippen LogP contribution < -0.4 is 15.4 Å². The molecule has 130 valence electrons. The molecule has 0 aliphatic rings. The van der Waals surface area contributed by atoms with E-state index in [0.717, 1.165) is 0 Å². The van der Waals surface area contributed by atoms with E-state index in [1.165, 1.54) is 19.3 Å². The highest BCUT2D eigenvalue weighted by atomic mass is 19.3. The normalized spacial score (nSPS) is 13.4. The molecular formula is C16H18F2N2O4. The van der Waals surface area contributed by atoms with Gasteiger partial charge in [0.05, 0.1) is 12.8 Å². The first kappa shape index (κ1) is 17.7. The topological polar surface area (TPSA) is 83.7 Å². The van der Waals surface area contributed by atoms with Gasteiger partial charge in [0, 0.05) is 11.8 Å². The fraction of sp³-hybridized carbons (Fsp3) is 0.312. The zero-order chi connectivity index (χ0) is 17.7. The predicted octanol–water partition coefficient (Wildman–Crippen LogP) is 3.22. The van der Waals surface area contributed by atoms with Crippen molar-refractivity contribution in [3.8, 4) is 5.75 Å². The summed E-state index contributed by atoms with van der Waals surface area (Å²) in [5.41, 5.74) is -0.577. The number of ether oxygens (including phenoxy) is 1. The van der Waals surface area contributed by atoms with Crippen molar-refractivity contribution in [3.05, 3.63) is 47.9 Å². The Bertz CT molecular complexity index is 687. The molecular weight excluding hydrogens is 322 g/mol. The molecule has 0 saturated heterocycles. The number of aliphatic hydroxyl groups is 1. The number of aryl methyl sites for hydroxylation is 1. The van der Waals surface area contributed by atoms with Crippen LogP contribution in [0.1, 0.15) is 18.2 Å². The van der Waals surface area contributed by atoms with Crippen LogP contribution in [0.3, 0.4) is 0 Å². The Morgan fingerprint density at radius 2 is 2.17 bits per heavy atom. The van der Waals surface area contributed by atoms with Gasteiger partial charge in [0.25, 0.3) is 0 Å². The van der Waals surface area contributed by atoms with Gasteiger partial charge in [0.15, 0.2) is 0 Å². The van der Waals surface area contributed by atoms with Gasteiger partial charge >= 0.3 is 12.6 Å². The van der Waals surface area contributed by atoms with Gasteiger partial charge in [-0.2, -0.15) is 8.78 Å². The number of urea groups is 1. The molecule has 2 rings (SSSR count). The van der Waals surface area contributed by atoms with Gasteiger partial charge in [-0.1, -0.05) is 6.07 Å². The Labute approximate surface area is 137 Å². The van der Waals surface area contributed by atoms with E-state index in [4.69, 9.17) is 4.42 Å². The first-order valence-corrected chi connectivity index (χ1v) is 7.14. The van der Waals surface area contributed by atoms with E-state index in [1.54, 1.807) is 31.2 Å². The molecule has 0 saturated carbocycles. The summed E-state index contributed by atoms with van der Waals surface area (Å²) >= 11 is 0. The summed E-state index contributed by atoms with van der Waals surface area (Å²) in [6.07, 6.45) is 1.42. The van der Waals surface area contributed by atoms with Crippen LogP contribution in [0.25, 0.3) is 0 Å². The molecule has 1 unspecified atom stereocenters. The number of anilines is 1. The van der Waals surface area contributed by atoms with Crippen molar-refractivity contribution in [1.82, 2.24) is 5.32 Å². The molecule has 2 amide bonds. The minimum Gasteiger partial charge on any atom is -0.466 e. The van der Waals surface area contributed by atoms with Gasteiger partial charge in [-0.3, -0.25) is 0 Å². The number of hydrogen-bond acceptors (Lipinski definition) is 4. The fourth-order valence-electron chi connectivity index (χ4n) is 2.00. The van der Waals surface area contributed by atoms with Crippen LogP contribution >= 0.6 is 0 Å². The van der Waals surface area contributed by atoms with E-state index in [9.17, 15) is 18.7 Å². The van der Waals surface area contributed by atoms with Crippen LogP contribution in [-0.4, -0.2) is 24.3 Å². The van der Waals surface area contributed by atoms with E-state index in [0.29, 0.717) is 11.3 Å². The fourth-order valence-corrected chi connectivity index (χ4v) is 2.00. The smallest absolute Gasteiger partial charge is 0.387 e. The number of hydrogen-bond donors (Lipinski definition) is 3. The maximum Gasteiger partial charge on any atom is 0.387 e. The molecule has 0 aliphatic heterocycles. The minimum absolute atomic E-state index is 0.0228. The summed E-state index contributed by atoms with van der Waals surface area (Å²) in [5.74, 6) is 0.288. The molecule has 0 fully saturated rings. The quantitative estimate of drug-likeness (QED) is 0.754. The molecule has 0 bridgehead atoms. The SMILES string of the molecule is Cc1ccc(NC(=O)NCC(C)(O)c2ccco2)cc1OC(F)F. The summed E-state index contributed by atoms with van der Waals surface area (Å²) in [6, 6.07) is 7.01. The summed E-state index contributed by atoms with van der Waals surface area (Å²) in [5, 5.41) is 15.2. The summed E-state index contributed by atoms with van der Waals surface area (Å²) in [7, 11) is 0. The molecule has 8 heteroatoms. The Morgan fingerprint density at radius 1 is 1.42 bits per heavy atom. The van der Waals surface area contributed by atoms with Crippen molar-refractivity contribution in [2.45, 2.75) is 26.1 Å². The zero-order valence-electron chi connectivity index (χ0n) is 13.2. The Hall–Kier alpha value is -2.61. The van der Waals surface area contributed by atoms with Crippen LogP contribution in [0.5, 0.6) is 5.75 Å². The Morgan fingerprint density at radius 3 is 2.79 bits per heavy atom. The van der Waals surface area contributed by atoms with Gasteiger partial charge in [-0.05, 0) is 37.6 Å². The minimum atomic E-state index is -2.95. The number of furan rings is 1. The molecule has 24 heavy (non-hydrogen) atoms. The highest BCUT2D eigenvalue weighted by Crippen LogP contribution is 2.24. The molecule has 6 nitrogen and oxygen atoms in total. The van der Waals surface area contributed by atoms with E-state index in [-0.39, 0.29) is 18.0 Å². The lowest BCUT2D eigenvalue weighted by Gasteiger charge is -2.21. The number of rotatable bonds is 6. The molecule has 1 atom stereocenters. The number of halogens is 2. The lowest BCUT2D eigenvalue weighted by Crippen LogP contribution is -2.40. The van der Waals surface area contributed by atoms with Gasteiger partial charge in [0.2, 0.25) is 0 Å². The largest absolute Gasteiger partial charge is 0.466 e. The van der Waals surface area contributed by atoms with Crippen LogP contribution in [0.15, 0.2) is 41.0 Å². The van der Waals surface area contributed by atoms with Crippen LogP contribution in [0.2, 0.25) is 0 Å². The molecule has 0 spiro atoms. The predicted molar refractivity (Wildman–Crippen MR) is 83.1 cm³/mol. The van der Waals surface area contributed by atoms with Crippen molar-refractivity contribution in [1.29, 1.82) is 0 Å². The lowest BCUT2D eigenvalue weighted by atomic mass is 10.0. The second-order valence-corrected chi connectivity index (χ2v) is 5.42. The van der Waals surface area contributed by atoms with E-state index >= 15 is 0 Å². The van der Waals surface area contributed by atoms with Gasteiger partial charge in [-0.25, -0.2) is 4.79 Å². The standard InChI is InChI=1S/C16H18F2N2O4/c1-10-5-6-11(8-12(10)24-14(17)18)20-15(21)19-9-16(2,22)13-4-3-7-23-13/h3-8,14,22H,9H2,1-2H3,(H2,19,20,21). The molecule has 1 heterocycles. The molecule has 1 aromatic heterocycles. The summed E-state index contributed by atoms with van der Waals surface area (Å²) < 4.78 is 34.1. The zero-order valence-corrected chi connectivity index (χ0v) is 13.2. The Balaban J connectivity index is 1.95. The van der Waals surface area contributed by atoms with Gasteiger partial charge in [-0.15, -0.1) is 0 Å². The average molecular weight is 340 g/mol. The lowest BCUT2D eigenvalue weighted by molar-refractivity contribution is -0.0502. The molecule has 1 aromatic carbocycles. The van der Waals surface area contributed by atoms with Gasteiger partial charge < -0.3 is 24.9 Å². The van der Waals surface area contributed by atoms with Gasteiger partial charge in [0.1, 0.15) is 17.1 Å². The maximum atomic E-state index is 12.3. The number of carbonyl (C=O) groups excluding carboxylic acids is 1. The highest BCUT2D eigenvalue weighted by molar-refractivity contribution is 5.89. The summed E-state index contributed by atoms with van der Waals surface area (Å²) in [6.45, 7) is 0.0592. The number of alkyl halides is 2. The van der Waals surface area contributed by atoms with Crippen LogP contribution in [0, 0.1) is 6.92 Å². The maximum absolute atomic E-state index is 12.3. The number of benzene rings is 1. The molecule has 3 N–H and O–H groups in total. The third-order valence-corrected chi connectivity index (χ3v) is 3.31. The molecule has 2 aromatic rings. The monoisotopic (exact) mass is 340 g/mol. The van der Waals surface area contributed by atoms with E-state index in [1.807, 2.05) is 0 Å². The first-order chi connectivity index (χ1) is 11.3. The highest BCUT2D eigenvalue weighted by Gasteiger charge is 2.26. The third-order valence-electron chi connectivity index (χ3n) is 3.31. The van der Waals surface area contributed by atoms with Crippen molar-refractivity contribution in [2.24, 2.45) is 0 Å². The molecule has 0 aliphatic carbocycles. The van der Waals surface area contributed by atoms with E-state index < -0.39 is 18.2 Å². The second-order valence-electron chi connectivity index (χ2n) is 5.42. The van der Waals surface area contributed by atoms with E-state index in [2.05, 4.69) is 15.4 Å². The first-order valence-electron chi connectivity index (χ1n) is 7.14. The average Bonchev–Trinajstić information content (AvgIpc) is 3.03. The number of carbonyl (C=O) groups is 1. The number of amides is 2. The molecule has 0 radical (unpaired) electrons. The van der Waals surface area contributed by atoms with Crippen molar-refractivity contribution in [3.63, 3.8) is 0 Å². The van der Waals surface area contributed by atoms with Crippen LogP contribution in [0.4, 0.5) is 19.3 Å². The third kappa shape index (κ3) is 4.69. The van der Waals surface area contributed by atoms with Crippen molar-refractivity contribution in [2.75, 3.05) is 11.9 Å². The van der Waals surface area contributed by atoms with Crippen molar-refractivity contribution >= 4 is 11.7 Å². The number of nitrogens with one attached hydrogen (secondary N) is 2.